The Bertz CT molecular complexity index is 197. The molecule has 1 aliphatic rings. The zero-order valence-corrected chi connectivity index (χ0v) is 5.14. The summed E-state index contributed by atoms with van der Waals surface area (Å²) in [6, 6.07) is -1.02. The molecule has 0 fully saturated rings. The van der Waals surface area contributed by atoms with E-state index < -0.39 is 12.1 Å². The van der Waals surface area contributed by atoms with E-state index in [2.05, 4.69) is 5.18 Å². The second-order valence-electron chi connectivity index (χ2n) is 2.02. The number of nitroso groups, excluding NO2 is 1. The number of hydrogen-bond donors (Lipinski definition) is 2. The molecule has 54 valence electrons. The molecule has 2 atom stereocenters. The van der Waals surface area contributed by atoms with Crippen LogP contribution < -0.4 is 0 Å². The highest BCUT2D eigenvalue weighted by molar-refractivity contribution is 5.22. The van der Waals surface area contributed by atoms with Gasteiger partial charge in [-0.05, 0) is 6.08 Å². The first-order chi connectivity index (χ1) is 4.75. The van der Waals surface area contributed by atoms with E-state index in [0.29, 0.717) is 0 Å². The molecule has 0 amide bonds. The third-order valence-electron chi connectivity index (χ3n) is 1.32. The van der Waals surface area contributed by atoms with Crippen molar-refractivity contribution in [1.29, 1.82) is 0 Å². The molecule has 0 saturated carbocycles. The number of allylic oxidation sites excluding steroid dienone is 2. The monoisotopic (exact) mass is 141 g/mol. The molecule has 0 bridgehead atoms. The van der Waals surface area contributed by atoms with Gasteiger partial charge in [-0.3, -0.25) is 0 Å². The van der Waals surface area contributed by atoms with E-state index in [1.165, 1.54) is 18.2 Å². The maximum atomic E-state index is 9.94. The van der Waals surface area contributed by atoms with Gasteiger partial charge in [0.2, 0.25) is 0 Å². The van der Waals surface area contributed by atoms with Crippen molar-refractivity contribution in [3.63, 3.8) is 0 Å². The lowest BCUT2D eigenvalue weighted by Crippen LogP contribution is -2.25. The second-order valence-corrected chi connectivity index (χ2v) is 2.02. The van der Waals surface area contributed by atoms with Crippen molar-refractivity contribution in [2.75, 3.05) is 0 Å². The van der Waals surface area contributed by atoms with Crippen molar-refractivity contribution in [1.82, 2.24) is 0 Å². The summed E-state index contributed by atoms with van der Waals surface area (Å²) >= 11 is 0. The Balaban J connectivity index is 2.80. The lowest BCUT2D eigenvalue weighted by Gasteiger charge is -2.14. The Hall–Kier alpha value is -1.16. The predicted molar refractivity (Wildman–Crippen MR) is 35.4 cm³/mol. The average molecular weight is 141 g/mol. The molecular formula is C6H7NO3. The van der Waals surface area contributed by atoms with Gasteiger partial charge in [-0.1, -0.05) is 17.3 Å². The lowest BCUT2D eigenvalue weighted by atomic mass is 10.1. The van der Waals surface area contributed by atoms with Gasteiger partial charge < -0.3 is 10.2 Å². The first-order valence-electron chi connectivity index (χ1n) is 2.83. The molecule has 0 aromatic carbocycles. The fourth-order valence-corrected chi connectivity index (χ4v) is 0.763. The summed E-state index contributed by atoms with van der Waals surface area (Å²) in [5.41, 5.74) is 0. The van der Waals surface area contributed by atoms with Gasteiger partial charge in [0, 0.05) is 0 Å². The highest BCUT2D eigenvalue weighted by Gasteiger charge is 2.23. The summed E-state index contributed by atoms with van der Waals surface area (Å²) in [6.07, 6.45) is 3.22. The van der Waals surface area contributed by atoms with Crippen LogP contribution in [-0.2, 0) is 0 Å². The summed E-state index contributed by atoms with van der Waals surface area (Å²) in [4.78, 5) is 9.94. The van der Waals surface area contributed by atoms with Crippen molar-refractivity contribution >= 4 is 0 Å². The SMILES string of the molecule is O=NC1C(O)=CC=CC1O. The molecule has 0 spiro atoms. The van der Waals surface area contributed by atoms with Crippen LogP contribution in [0.1, 0.15) is 0 Å². The maximum absolute atomic E-state index is 9.94. The molecule has 0 aromatic heterocycles. The van der Waals surface area contributed by atoms with Crippen molar-refractivity contribution in [2.45, 2.75) is 12.1 Å². The Morgan fingerprint density at radius 1 is 1.60 bits per heavy atom. The van der Waals surface area contributed by atoms with Crippen molar-refractivity contribution < 1.29 is 10.2 Å². The Morgan fingerprint density at radius 2 is 2.30 bits per heavy atom. The standard InChI is InChI=1S/C6H7NO3/c8-4-2-1-3-5(9)6(4)7-10/h1-4,6,8-9H. The van der Waals surface area contributed by atoms with Crippen molar-refractivity contribution in [3.8, 4) is 0 Å². The van der Waals surface area contributed by atoms with Gasteiger partial charge in [0.05, 0.1) is 0 Å². The number of hydrogen-bond acceptors (Lipinski definition) is 4. The Labute approximate surface area is 57.5 Å². The first-order valence-corrected chi connectivity index (χ1v) is 2.83. The van der Waals surface area contributed by atoms with Gasteiger partial charge in [0.1, 0.15) is 11.9 Å². The molecule has 1 rings (SSSR count). The van der Waals surface area contributed by atoms with Crippen LogP contribution in [-0.4, -0.2) is 22.4 Å². The van der Waals surface area contributed by atoms with Gasteiger partial charge in [0.15, 0.2) is 6.04 Å². The van der Waals surface area contributed by atoms with E-state index in [-0.39, 0.29) is 5.76 Å². The summed E-state index contributed by atoms with van der Waals surface area (Å²) in [6.45, 7) is 0. The van der Waals surface area contributed by atoms with Crippen molar-refractivity contribution in [3.05, 3.63) is 28.9 Å². The van der Waals surface area contributed by atoms with Gasteiger partial charge in [0.25, 0.3) is 0 Å². The van der Waals surface area contributed by atoms with Crippen LogP contribution in [0.4, 0.5) is 0 Å². The Kier molecular flexibility index (Phi) is 1.82. The molecular weight excluding hydrogens is 134 g/mol. The normalized spacial score (nSPS) is 31.5. The van der Waals surface area contributed by atoms with Crippen LogP contribution in [0.3, 0.4) is 0 Å². The van der Waals surface area contributed by atoms with E-state index in [0.717, 1.165) is 0 Å². The average Bonchev–Trinajstić information content (AvgIpc) is 1.88. The molecule has 0 heterocycles. The van der Waals surface area contributed by atoms with Gasteiger partial charge in [-0.15, -0.1) is 4.91 Å². The Morgan fingerprint density at radius 3 is 2.70 bits per heavy atom. The fraction of sp³-hybridized carbons (Fsp3) is 0.333. The minimum Gasteiger partial charge on any atom is -0.510 e. The summed E-state index contributed by atoms with van der Waals surface area (Å²) in [5.74, 6) is -0.190. The van der Waals surface area contributed by atoms with Crippen molar-refractivity contribution in [2.24, 2.45) is 5.18 Å². The first kappa shape index (κ1) is 6.95. The summed E-state index contributed by atoms with van der Waals surface area (Å²) < 4.78 is 0. The minimum absolute atomic E-state index is 0.190. The molecule has 2 unspecified atom stereocenters. The molecule has 1 aliphatic carbocycles. The van der Waals surface area contributed by atoms with E-state index in [4.69, 9.17) is 10.2 Å². The second kappa shape index (κ2) is 2.62. The molecule has 4 heteroatoms. The third kappa shape index (κ3) is 1.06. The van der Waals surface area contributed by atoms with Gasteiger partial charge >= 0.3 is 0 Å². The van der Waals surface area contributed by atoms with Crippen LogP contribution in [0, 0.1) is 4.91 Å². The number of nitrogens with zero attached hydrogens (tertiary/aromatic N) is 1. The highest BCUT2D eigenvalue weighted by Crippen LogP contribution is 2.13. The minimum atomic E-state index is -1.02. The largest absolute Gasteiger partial charge is 0.510 e. The molecule has 10 heavy (non-hydrogen) atoms. The van der Waals surface area contributed by atoms with Crippen LogP contribution in [0.25, 0.3) is 0 Å². The highest BCUT2D eigenvalue weighted by atomic mass is 16.3. The third-order valence-corrected chi connectivity index (χ3v) is 1.32. The quantitative estimate of drug-likeness (QED) is 0.522. The van der Waals surface area contributed by atoms with Gasteiger partial charge in [-0.25, -0.2) is 0 Å². The smallest absolute Gasteiger partial charge is 0.178 e. The maximum Gasteiger partial charge on any atom is 0.178 e. The lowest BCUT2D eigenvalue weighted by molar-refractivity contribution is 0.177. The molecule has 4 nitrogen and oxygen atoms in total. The predicted octanol–water partition coefficient (Wildman–Crippen LogP) is 0.494. The number of rotatable bonds is 1. The number of aliphatic hydroxyl groups excluding tert-OH is 2. The summed E-state index contributed by atoms with van der Waals surface area (Å²) in [5, 5.41) is 20.4. The molecule has 0 saturated heterocycles. The van der Waals surface area contributed by atoms with Gasteiger partial charge in [-0.2, -0.15) is 0 Å². The number of aliphatic hydroxyl groups is 2. The van der Waals surface area contributed by atoms with E-state index in [1.807, 2.05) is 0 Å². The fourth-order valence-electron chi connectivity index (χ4n) is 0.763. The topological polar surface area (TPSA) is 69.9 Å². The van der Waals surface area contributed by atoms with E-state index in [1.54, 1.807) is 0 Å². The van der Waals surface area contributed by atoms with E-state index in [9.17, 15) is 4.91 Å². The zero-order valence-electron chi connectivity index (χ0n) is 5.14. The van der Waals surface area contributed by atoms with Crippen LogP contribution >= 0.6 is 0 Å². The zero-order chi connectivity index (χ0) is 7.56. The molecule has 0 aromatic rings. The van der Waals surface area contributed by atoms with Crippen LogP contribution in [0.5, 0.6) is 0 Å². The van der Waals surface area contributed by atoms with Crippen LogP contribution in [0.15, 0.2) is 29.2 Å². The molecule has 2 N–H and O–H groups in total. The molecule has 0 radical (unpaired) electrons. The molecule has 0 aliphatic heterocycles. The van der Waals surface area contributed by atoms with Crippen LogP contribution in [0.2, 0.25) is 0 Å². The van der Waals surface area contributed by atoms with E-state index >= 15 is 0 Å². The summed E-state index contributed by atoms with van der Waals surface area (Å²) in [7, 11) is 0.